The van der Waals surface area contributed by atoms with E-state index < -0.39 is 5.97 Å². The second-order valence-electron chi connectivity index (χ2n) is 5.99. The van der Waals surface area contributed by atoms with Gasteiger partial charge in [-0.05, 0) is 24.2 Å². The Morgan fingerprint density at radius 2 is 1.94 bits per heavy atom. The minimum absolute atomic E-state index is 0.0823. The molecule has 1 aliphatic rings. The summed E-state index contributed by atoms with van der Waals surface area (Å²) >= 11 is 0. The van der Waals surface area contributed by atoms with Crippen molar-refractivity contribution >= 4 is 11.9 Å². The summed E-state index contributed by atoms with van der Waals surface area (Å²) in [6.45, 7) is 5.93. The summed E-state index contributed by atoms with van der Waals surface area (Å²) in [6.07, 6.45) is 1.56. The van der Waals surface area contributed by atoms with Crippen LogP contribution in [0.15, 0.2) is 0 Å². The number of hydrogen-bond acceptors (Lipinski definition) is 3. The molecule has 104 valence electrons. The molecule has 0 aromatic heterocycles. The van der Waals surface area contributed by atoms with Crippen LogP contribution in [0, 0.1) is 17.3 Å². The summed E-state index contributed by atoms with van der Waals surface area (Å²) in [4.78, 5) is 24.3. The highest BCUT2D eigenvalue weighted by Gasteiger charge is 2.45. The van der Waals surface area contributed by atoms with Gasteiger partial charge in [0.05, 0.1) is 0 Å². The largest absolute Gasteiger partial charge is 0.480 e. The zero-order chi connectivity index (χ0) is 14.1. The van der Waals surface area contributed by atoms with Crippen LogP contribution < -0.4 is 5.73 Å². The molecule has 3 N–H and O–H groups in total. The van der Waals surface area contributed by atoms with E-state index in [1.54, 1.807) is 7.05 Å². The van der Waals surface area contributed by atoms with Gasteiger partial charge in [0, 0.05) is 19.0 Å². The van der Waals surface area contributed by atoms with Gasteiger partial charge in [0.15, 0.2) is 0 Å². The second-order valence-corrected chi connectivity index (χ2v) is 5.99. The van der Waals surface area contributed by atoms with Crippen LogP contribution in [-0.2, 0) is 9.59 Å². The van der Waals surface area contributed by atoms with E-state index in [0.29, 0.717) is 0 Å². The minimum atomic E-state index is -0.982. The van der Waals surface area contributed by atoms with E-state index in [-0.39, 0.29) is 35.7 Å². The fraction of sp³-hybridized carbons (Fsp3) is 0.846. The topological polar surface area (TPSA) is 83.6 Å². The van der Waals surface area contributed by atoms with Crippen molar-refractivity contribution in [1.29, 1.82) is 0 Å². The number of hydrogen-bond donors (Lipinski definition) is 2. The molecule has 1 rings (SSSR count). The molecule has 0 heterocycles. The first-order valence-corrected chi connectivity index (χ1v) is 6.40. The number of nitrogens with two attached hydrogens (primary N) is 1. The fourth-order valence-corrected chi connectivity index (χ4v) is 2.84. The van der Waals surface area contributed by atoms with Gasteiger partial charge in [0.2, 0.25) is 5.91 Å². The predicted molar refractivity (Wildman–Crippen MR) is 68.9 cm³/mol. The molecule has 1 saturated carbocycles. The van der Waals surface area contributed by atoms with Crippen LogP contribution in [0.2, 0.25) is 0 Å². The first-order chi connectivity index (χ1) is 8.17. The number of carbonyl (C=O) groups is 2. The van der Waals surface area contributed by atoms with Gasteiger partial charge in [-0.25, -0.2) is 0 Å². The highest BCUT2D eigenvalue weighted by Crippen LogP contribution is 2.44. The molecular weight excluding hydrogens is 232 g/mol. The van der Waals surface area contributed by atoms with E-state index in [9.17, 15) is 9.59 Å². The molecule has 5 nitrogen and oxygen atoms in total. The van der Waals surface area contributed by atoms with Crippen LogP contribution in [0.5, 0.6) is 0 Å². The molecule has 0 spiro atoms. The van der Waals surface area contributed by atoms with E-state index in [2.05, 4.69) is 6.92 Å². The van der Waals surface area contributed by atoms with Crippen LogP contribution in [0.4, 0.5) is 0 Å². The summed E-state index contributed by atoms with van der Waals surface area (Å²) in [5.41, 5.74) is 5.86. The predicted octanol–water partition coefficient (Wildman–Crippen LogP) is 0.929. The lowest BCUT2D eigenvalue weighted by Crippen LogP contribution is -2.52. The number of likely N-dealkylation sites (N-methyl/N-ethyl adjacent to an activating group) is 1. The molecule has 1 amide bonds. The quantitative estimate of drug-likeness (QED) is 0.786. The van der Waals surface area contributed by atoms with Crippen LogP contribution in [-0.4, -0.2) is 41.5 Å². The molecule has 0 radical (unpaired) electrons. The zero-order valence-corrected chi connectivity index (χ0v) is 11.6. The van der Waals surface area contributed by atoms with Crippen molar-refractivity contribution in [2.45, 2.75) is 39.7 Å². The normalized spacial score (nSPS) is 30.8. The Balaban J connectivity index is 2.82. The number of carboxylic acids is 1. The van der Waals surface area contributed by atoms with Crippen molar-refractivity contribution in [1.82, 2.24) is 4.90 Å². The minimum Gasteiger partial charge on any atom is -0.480 e. The number of rotatable bonds is 3. The monoisotopic (exact) mass is 256 g/mol. The van der Waals surface area contributed by atoms with Gasteiger partial charge in [-0.2, -0.15) is 0 Å². The number of amides is 1. The first kappa shape index (κ1) is 15.0. The van der Waals surface area contributed by atoms with Crippen molar-refractivity contribution < 1.29 is 14.7 Å². The van der Waals surface area contributed by atoms with Gasteiger partial charge in [-0.15, -0.1) is 0 Å². The Morgan fingerprint density at radius 3 is 2.44 bits per heavy atom. The molecule has 3 atom stereocenters. The number of carboxylic acid groups (broad SMARTS) is 1. The summed E-state index contributed by atoms with van der Waals surface area (Å²) < 4.78 is 0. The SMILES string of the molecule is CC1C(N)CCC(C(=O)N(C)CC(=O)O)C1(C)C. The van der Waals surface area contributed by atoms with Crippen molar-refractivity contribution in [3.8, 4) is 0 Å². The summed E-state index contributed by atoms with van der Waals surface area (Å²) in [6, 6.07) is 0.119. The lowest BCUT2D eigenvalue weighted by Gasteiger charge is -2.46. The van der Waals surface area contributed by atoms with Gasteiger partial charge in [-0.1, -0.05) is 20.8 Å². The van der Waals surface area contributed by atoms with E-state index in [1.807, 2.05) is 13.8 Å². The maximum atomic E-state index is 12.3. The molecule has 0 bridgehead atoms. The van der Waals surface area contributed by atoms with Crippen LogP contribution >= 0.6 is 0 Å². The van der Waals surface area contributed by atoms with Crippen molar-refractivity contribution in [2.24, 2.45) is 23.0 Å². The Kier molecular flexibility index (Phi) is 4.37. The van der Waals surface area contributed by atoms with Gasteiger partial charge >= 0.3 is 5.97 Å². The molecule has 5 heteroatoms. The van der Waals surface area contributed by atoms with Gasteiger partial charge in [0.1, 0.15) is 6.54 Å². The second kappa shape index (κ2) is 5.26. The fourth-order valence-electron chi connectivity index (χ4n) is 2.84. The van der Waals surface area contributed by atoms with E-state index in [0.717, 1.165) is 12.8 Å². The standard InChI is InChI=1S/C13H24N2O3/c1-8-10(14)6-5-9(13(8,2)3)12(18)15(4)7-11(16)17/h8-10H,5-7,14H2,1-4H3,(H,16,17). The third-order valence-electron chi connectivity index (χ3n) is 4.55. The molecule has 3 unspecified atom stereocenters. The third-order valence-corrected chi connectivity index (χ3v) is 4.55. The summed E-state index contributed by atoms with van der Waals surface area (Å²) in [5, 5.41) is 8.74. The van der Waals surface area contributed by atoms with Gasteiger partial charge in [-0.3, -0.25) is 9.59 Å². The lowest BCUT2D eigenvalue weighted by atomic mass is 9.61. The van der Waals surface area contributed by atoms with E-state index in [4.69, 9.17) is 10.8 Å². The van der Waals surface area contributed by atoms with Crippen LogP contribution in [0.1, 0.15) is 33.6 Å². The Bertz CT molecular complexity index is 341. The Labute approximate surface area is 108 Å². The Morgan fingerprint density at radius 1 is 1.39 bits per heavy atom. The third kappa shape index (κ3) is 2.83. The molecule has 0 aromatic carbocycles. The average Bonchev–Trinajstić information content (AvgIpc) is 2.24. The van der Waals surface area contributed by atoms with Gasteiger partial charge < -0.3 is 15.7 Å². The highest BCUT2D eigenvalue weighted by molar-refractivity contribution is 5.83. The van der Waals surface area contributed by atoms with Gasteiger partial charge in [0.25, 0.3) is 0 Å². The molecule has 1 fully saturated rings. The lowest BCUT2D eigenvalue weighted by molar-refractivity contribution is -0.149. The van der Waals surface area contributed by atoms with Crippen LogP contribution in [0.25, 0.3) is 0 Å². The molecule has 0 saturated heterocycles. The van der Waals surface area contributed by atoms with E-state index >= 15 is 0 Å². The van der Waals surface area contributed by atoms with Crippen molar-refractivity contribution in [3.05, 3.63) is 0 Å². The molecule has 1 aliphatic carbocycles. The van der Waals surface area contributed by atoms with Crippen LogP contribution in [0.3, 0.4) is 0 Å². The number of nitrogens with zero attached hydrogens (tertiary/aromatic N) is 1. The molecule has 0 aliphatic heterocycles. The summed E-state index contributed by atoms with van der Waals surface area (Å²) in [7, 11) is 1.55. The summed E-state index contributed by atoms with van der Waals surface area (Å²) in [5.74, 6) is -0.958. The number of carbonyl (C=O) groups excluding carboxylic acids is 1. The maximum absolute atomic E-state index is 12.3. The first-order valence-electron chi connectivity index (χ1n) is 6.40. The highest BCUT2D eigenvalue weighted by atomic mass is 16.4. The average molecular weight is 256 g/mol. The zero-order valence-electron chi connectivity index (χ0n) is 11.6. The van der Waals surface area contributed by atoms with Crippen molar-refractivity contribution in [3.63, 3.8) is 0 Å². The Hall–Kier alpha value is -1.10. The molecular formula is C13H24N2O3. The smallest absolute Gasteiger partial charge is 0.323 e. The number of aliphatic carboxylic acids is 1. The molecule has 0 aromatic rings. The maximum Gasteiger partial charge on any atom is 0.323 e. The van der Waals surface area contributed by atoms with E-state index in [1.165, 1.54) is 4.90 Å². The molecule has 18 heavy (non-hydrogen) atoms. The van der Waals surface area contributed by atoms with Crippen molar-refractivity contribution in [2.75, 3.05) is 13.6 Å².